The Hall–Kier alpha value is -3.46. The molecule has 0 unspecified atom stereocenters. The van der Waals surface area contributed by atoms with Crippen LogP contribution in [0.4, 0.5) is 17.1 Å². The quantitative estimate of drug-likeness (QED) is 0.296. The number of nitro groups is 1. The third-order valence-electron chi connectivity index (χ3n) is 5.73. The molecule has 33 heavy (non-hydrogen) atoms. The molecule has 5 rings (SSSR count). The predicted molar refractivity (Wildman–Crippen MR) is 122 cm³/mol. The molecule has 10 heteroatoms. The molecule has 3 atom stereocenters. The van der Waals surface area contributed by atoms with E-state index in [-0.39, 0.29) is 21.4 Å². The van der Waals surface area contributed by atoms with Crippen molar-refractivity contribution in [3.63, 3.8) is 0 Å². The Balaban J connectivity index is 1.65. The highest BCUT2D eigenvalue weighted by atomic mass is 35.5. The maximum Gasteiger partial charge on any atom is 0.269 e. The van der Waals surface area contributed by atoms with E-state index in [4.69, 9.17) is 28.0 Å². The summed E-state index contributed by atoms with van der Waals surface area (Å²) in [6.45, 7) is 0. The summed E-state index contributed by atoms with van der Waals surface area (Å²) in [5.74, 6) is -2.08. The van der Waals surface area contributed by atoms with Gasteiger partial charge in [0.15, 0.2) is 6.10 Å². The van der Waals surface area contributed by atoms with Crippen LogP contribution in [0.2, 0.25) is 10.0 Å². The van der Waals surface area contributed by atoms with E-state index in [1.807, 2.05) is 6.07 Å². The summed E-state index contributed by atoms with van der Waals surface area (Å²) in [5.41, 5.74) is 0.946. The van der Waals surface area contributed by atoms with Gasteiger partial charge >= 0.3 is 0 Å². The zero-order chi connectivity index (χ0) is 23.3. The zero-order valence-corrected chi connectivity index (χ0v) is 18.3. The van der Waals surface area contributed by atoms with Crippen molar-refractivity contribution >= 4 is 52.1 Å². The van der Waals surface area contributed by atoms with Gasteiger partial charge in [-0.15, -0.1) is 0 Å². The lowest BCUT2D eigenvalue weighted by Crippen LogP contribution is -2.37. The number of nitrogens with zero attached hydrogens (tertiary/aromatic N) is 3. The standard InChI is InChI=1S/C23H15Cl2N3O5/c24-16-11-10-14(28(31)32)12-15(16)20-19-21(33-27(20)13-6-2-1-3-7-13)23(30)26(22(19)29)18-9-5-4-8-17(18)25/h1-12,19-21H/t19-,20+,21-/m1/s1. The number of hydrogen-bond donors (Lipinski definition) is 0. The van der Waals surface area contributed by atoms with Crippen LogP contribution in [0.3, 0.4) is 0 Å². The van der Waals surface area contributed by atoms with Crippen LogP contribution in [-0.2, 0) is 14.4 Å². The van der Waals surface area contributed by atoms with E-state index in [2.05, 4.69) is 0 Å². The zero-order valence-electron chi connectivity index (χ0n) is 16.8. The Morgan fingerprint density at radius 3 is 2.27 bits per heavy atom. The Labute approximate surface area is 198 Å². The molecule has 0 bridgehead atoms. The molecule has 2 aliphatic heterocycles. The highest BCUT2D eigenvalue weighted by molar-refractivity contribution is 6.36. The van der Waals surface area contributed by atoms with Crippen LogP contribution in [0.5, 0.6) is 0 Å². The fourth-order valence-corrected chi connectivity index (χ4v) is 4.72. The average Bonchev–Trinajstić information content (AvgIpc) is 3.31. The molecule has 0 N–H and O–H groups in total. The molecule has 0 aliphatic carbocycles. The summed E-state index contributed by atoms with van der Waals surface area (Å²) in [4.78, 5) is 44.8. The van der Waals surface area contributed by atoms with E-state index >= 15 is 0 Å². The number of fused-ring (bicyclic) bond motifs is 1. The summed E-state index contributed by atoms with van der Waals surface area (Å²) >= 11 is 12.7. The lowest BCUT2D eigenvalue weighted by atomic mass is 9.90. The summed E-state index contributed by atoms with van der Waals surface area (Å²) in [6.07, 6.45) is -1.14. The van der Waals surface area contributed by atoms with Crippen molar-refractivity contribution in [2.75, 3.05) is 9.96 Å². The Morgan fingerprint density at radius 2 is 1.58 bits per heavy atom. The van der Waals surface area contributed by atoms with Crippen molar-refractivity contribution in [3.8, 4) is 0 Å². The second-order valence-corrected chi connectivity index (χ2v) is 8.40. The normalized spacial score (nSPS) is 22.1. The first-order chi connectivity index (χ1) is 15.9. The van der Waals surface area contributed by atoms with Crippen molar-refractivity contribution in [1.29, 1.82) is 0 Å². The Kier molecular flexibility index (Phi) is 5.28. The number of amides is 2. The van der Waals surface area contributed by atoms with Crippen LogP contribution in [0.1, 0.15) is 11.6 Å². The minimum absolute atomic E-state index is 0.189. The molecule has 2 aliphatic rings. The molecule has 0 saturated carbocycles. The van der Waals surface area contributed by atoms with Crippen molar-refractivity contribution in [2.24, 2.45) is 5.92 Å². The summed E-state index contributed by atoms with van der Waals surface area (Å²) < 4.78 is 0. The monoisotopic (exact) mass is 483 g/mol. The largest absolute Gasteiger partial charge is 0.273 e. The third-order valence-corrected chi connectivity index (χ3v) is 6.39. The van der Waals surface area contributed by atoms with Gasteiger partial charge in [0.1, 0.15) is 5.92 Å². The fraction of sp³-hybridized carbons (Fsp3) is 0.130. The summed E-state index contributed by atoms with van der Waals surface area (Å²) in [7, 11) is 0. The Bertz CT molecular complexity index is 1290. The molecule has 2 heterocycles. The van der Waals surface area contributed by atoms with Crippen LogP contribution >= 0.6 is 23.2 Å². The molecule has 8 nitrogen and oxygen atoms in total. The summed E-state index contributed by atoms with van der Waals surface area (Å²) in [5, 5.41) is 13.3. The van der Waals surface area contributed by atoms with Gasteiger partial charge in [-0.3, -0.25) is 24.5 Å². The molecular weight excluding hydrogens is 469 g/mol. The number of halogens is 2. The van der Waals surface area contributed by atoms with Gasteiger partial charge in [-0.1, -0.05) is 53.5 Å². The fourth-order valence-electron chi connectivity index (χ4n) is 4.27. The molecule has 3 aromatic carbocycles. The molecular formula is C23H15Cl2N3O5. The van der Waals surface area contributed by atoms with E-state index in [9.17, 15) is 19.7 Å². The molecule has 0 radical (unpaired) electrons. The SMILES string of the molecule is O=C1[C@H]2[C@@H](ON(c3ccccc3)[C@H]2c2cc([N+](=O)[O-])ccc2Cl)C(=O)N1c1ccccc1Cl. The van der Waals surface area contributed by atoms with Crippen LogP contribution in [0, 0.1) is 16.0 Å². The number of carbonyl (C=O) groups excluding carboxylic acids is 2. The minimum Gasteiger partial charge on any atom is -0.273 e. The number of hydroxylamine groups is 1. The van der Waals surface area contributed by atoms with Crippen molar-refractivity contribution in [1.82, 2.24) is 0 Å². The minimum atomic E-state index is -1.14. The topological polar surface area (TPSA) is 93.0 Å². The third kappa shape index (κ3) is 3.43. The van der Waals surface area contributed by atoms with E-state index in [1.54, 1.807) is 48.5 Å². The van der Waals surface area contributed by atoms with Crippen LogP contribution in [0.15, 0.2) is 72.8 Å². The van der Waals surface area contributed by atoms with Gasteiger partial charge in [0.25, 0.3) is 11.6 Å². The smallest absolute Gasteiger partial charge is 0.269 e. The number of rotatable bonds is 4. The molecule has 2 amide bonds. The first-order valence-electron chi connectivity index (χ1n) is 9.95. The maximum absolute atomic E-state index is 13.6. The van der Waals surface area contributed by atoms with Crippen LogP contribution in [0.25, 0.3) is 0 Å². The lowest BCUT2D eigenvalue weighted by Gasteiger charge is -2.29. The van der Waals surface area contributed by atoms with E-state index < -0.39 is 34.8 Å². The number of benzene rings is 3. The van der Waals surface area contributed by atoms with Crippen molar-refractivity contribution < 1.29 is 19.3 Å². The lowest BCUT2D eigenvalue weighted by molar-refractivity contribution is -0.384. The number of carbonyl (C=O) groups is 2. The number of imide groups is 1. The highest BCUT2D eigenvalue weighted by Crippen LogP contribution is 2.50. The maximum atomic E-state index is 13.6. The van der Waals surface area contributed by atoms with E-state index in [1.165, 1.54) is 23.3 Å². The highest BCUT2D eigenvalue weighted by Gasteiger charge is 2.61. The van der Waals surface area contributed by atoms with Crippen LogP contribution in [-0.4, -0.2) is 22.8 Å². The predicted octanol–water partition coefficient (Wildman–Crippen LogP) is 4.95. The number of anilines is 2. The number of para-hydroxylation sites is 2. The molecule has 2 saturated heterocycles. The molecule has 0 spiro atoms. The average molecular weight is 484 g/mol. The molecule has 166 valence electrons. The van der Waals surface area contributed by atoms with Crippen molar-refractivity contribution in [3.05, 3.63) is 98.5 Å². The number of hydrogen-bond acceptors (Lipinski definition) is 6. The number of non-ortho nitro benzene ring substituents is 1. The summed E-state index contributed by atoms with van der Waals surface area (Å²) in [6, 6.07) is 18.5. The van der Waals surface area contributed by atoms with Gasteiger partial charge in [0, 0.05) is 22.7 Å². The van der Waals surface area contributed by atoms with Crippen LogP contribution < -0.4 is 9.96 Å². The Morgan fingerprint density at radius 1 is 0.879 bits per heavy atom. The van der Waals surface area contributed by atoms with Gasteiger partial charge in [-0.05, 0) is 30.3 Å². The van der Waals surface area contributed by atoms with Gasteiger partial charge < -0.3 is 0 Å². The first kappa shape index (κ1) is 21.4. The van der Waals surface area contributed by atoms with E-state index in [0.29, 0.717) is 11.3 Å². The number of nitro benzene ring substituents is 1. The molecule has 3 aromatic rings. The molecule has 2 fully saturated rings. The van der Waals surface area contributed by atoms with Gasteiger partial charge in [-0.2, -0.15) is 0 Å². The second kappa shape index (κ2) is 8.15. The van der Waals surface area contributed by atoms with Gasteiger partial charge in [0.2, 0.25) is 5.91 Å². The second-order valence-electron chi connectivity index (χ2n) is 7.58. The van der Waals surface area contributed by atoms with E-state index in [0.717, 1.165) is 4.90 Å². The van der Waals surface area contributed by atoms with Gasteiger partial charge in [-0.25, -0.2) is 9.96 Å². The van der Waals surface area contributed by atoms with Crippen molar-refractivity contribution in [2.45, 2.75) is 12.1 Å². The molecule has 0 aromatic heterocycles. The first-order valence-corrected chi connectivity index (χ1v) is 10.7. The van der Waals surface area contributed by atoms with Gasteiger partial charge in [0.05, 0.1) is 27.4 Å².